The molecule has 1 aliphatic rings. The molecule has 0 aromatic carbocycles. The molecule has 13 heavy (non-hydrogen) atoms. The first-order valence-corrected chi connectivity index (χ1v) is 5.97. The van der Waals surface area contributed by atoms with Crippen molar-refractivity contribution in [2.75, 3.05) is 6.54 Å². The zero-order valence-electron chi connectivity index (χ0n) is 9.47. The molecule has 0 spiro atoms. The van der Waals surface area contributed by atoms with E-state index in [1.54, 1.807) is 0 Å². The fourth-order valence-corrected chi connectivity index (χ4v) is 2.12. The van der Waals surface area contributed by atoms with Crippen LogP contribution < -0.4 is 5.32 Å². The zero-order chi connectivity index (χ0) is 9.68. The molecule has 1 heteroatoms. The average molecular weight is 183 g/mol. The number of hydrogen-bond donors (Lipinski definition) is 1. The Bertz CT molecular complexity index is 133. The molecule has 0 amide bonds. The molecule has 1 saturated carbocycles. The van der Waals surface area contributed by atoms with Crippen molar-refractivity contribution in [3.05, 3.63) is 0 Å². The fourth-order valence-electron chi connectivity index (χ4n) is 2.12. The first-order valence-electron chi connectivity index (χ1n) is 5.97. The molecule has 0 radical (unpaired) electrons. The largest absolute Gasteiger partial charge is 0.313 e. The summed E-state index contributed by atoms with van der Waals surface area (Å²) >= 11 is 0. The molecule has 1 fully saturated rings. The van der Waals surface area contributed by atoms with Crippen molar-refractivity contribution in [2.45, 2.75) is 58.9 Å². The van der Waals surface area contributed by atoms with E-state index in [1.807, 2.05) is 0 Å². The molecule has 0 unspecified atom stereocenters. The summed E-state index contributed by atoms with van der Waals surface area (Å²) in [5.74, 6) is 1.74. The van der Waals surface area contributed by atoms with Gasteiger partial charge in [-0.2, -0.15) is 0 Å². The van der Waals surface area contributed by atoms with Crippen molar-refractivity contribution in [3.63, 3.8) is 0 Å². The van der Waals surface area contributed by atoms with Crippen LogP contribution in [0.3, 0.4) is 0 Å². The van der Waals surface area contributed by atoms with Gasteiger partial charge in [0.25, 0.3) is 0 Å². The van der Waals surface area contributed by atoms with Gasteiger partial charge < -0.3 is 5.32 Å². The van der Waals surface area contributed by atoms with Crippen molar-refractivity contribution in [3.8, 4) is 0 Å². The van der Waals surface area contributed by atoms with E-state index in [0.29, 0.717) is 0 Å². The molecule has 0 heterocycles. The Balaban J connectivity index is 2.18. The van der Waals surface area contributed by atoms with Crippen LogP contribution in [0.5, 0.6) is 0 Å². The van der Waals surface area contributed by atoms with E-state index >= 15 is 0 Å². The van der Waals surface area contributed by atoms with Crippen molar-refractivity contribution < 1.29 is 0 Å². The van der Waals surface area contributed by atoms with Gasteiger partial charge in [-0.05, 0) is 31.2 Å². The lowest BCUT2D eigenvalue weighted by atomic mass is 9.85. The van der Waals surface area contributed by atoms with Crippen molar-refractivity contribution in [1.82, 2.24) is 5.32 Å². The second kappa shape index (κ2) is 5.64. The summed E-state index contributed by atoms with van der Waals surface area (Å²) in [7, 11) is 0. The molecule has 1 N–H and O–H groups in total. The Hall–Kier alpha value is -0.0400. The molecule has 1 rings (SSSR count). The number of nitrogens with one attached hydrogen (secondary N) is 1. The first kappa shape index (κ1) is 11.0. The van der Waals surface area contributed by atoms with Gasteiger partial charge in [-0.25, -0.2) is 0 Å². The van der Waals surface area contributed by atoms with E-state index in [1.165, 1.54) is 38.6 Å². The summed E-state index contributed by atoms with van der Waals surface area (Å²) in [5.41, 5.74) is 0. The molecule has 0 aliphatic heterocycles. The van der Waals surface area contributed by atoms with E-state index in [2.05, 4.69) is 26.1 Å². The smallest absolute Gasteiger partial charge is 0.00928 e. The summed E-state index contributed by atoms with van der Waals surface area (Å²) < 4.78 is 0. The Kier molecular flexibility index (Phi) is 4.79. The molecular weight excluding hydrogens is 158 g/mol. The molecule has 1 nitrogen and oxygen atoms in total. The highest BCUT2D eigenvalue weighted by atomic mass is 14.9. The quantitative estimate of drug-likeness (QED) is 0.706. The number of rotatable bonds is 4. The van der Waals surface area contributed by atoms with Crippen molar-refractivity contribution >= 4 is 0 Å². The zero-order valence-corrected chi connectivity index (χ0v) is 9.47. The van der Waals surface area contributed by atoms with E-state index in [0.717, 1.165) is 17.9 Å². The Morgan fingerprint density at radius 1 is 1.31 bits per heavy atom. The molecular formula is C12H25N. The Morgan fingerprint density at radius 2 is 2.00 bits per heavy atom. The van der Waals surface area contributed by atoms with E-state index in [-0.39, 0.29) is 0 Å². The van der Waals surface area contributed by atoms with E-state index in [9.17, 15) is 0 Å². The predicted octanol–water partition coefficient (Wildman–Crippen LogP) is 3.20. The van der Waals surface area contributed by atoms with Gasteiger partial charge in [0, 0.05) is 6.04 Å². The van der Waals surface area contributed by atoms with Crippen LogP contribution in [-0.2, 0) is 0 Å². The van der Waals surface area contributed by atoms with Gasteiger partial charge in [-0.1, -0.05) is 40.0 Å². The lowest BCUT2D eigenvalue weighted by Crippen LogP contribution is -2.39. The summed E-state index contributed by atoms with van der Waals surface area (Å²) in [6.45, 7) is 8.22. The van der Waals surface area contributed by atoms with E-state index < -0.39 is 0 Å². The molecule has 0 aromatic rings. The minimum atomic E-state index is 0.808. The first-order chi connectivity index (χ1) is 6.24. The summed E-state index contributed by atoms with van der Waals surface area (Å²) in [6.07, 6.45) is 7.01. The van der Waals surface area contributed by atoms with Crippen LogP contribution in [0.15, 0.2) is 0 Å². The van der Waals surface area contributed by atoms with Gasteiger partial charge >= 0.3 is 0 Å². The standard InChI is InChI=1S/C12H25N/c1-4-10(2)9-13-12-8-6-5-7-11(12)3/h10-13H,4-9H2,1-3H3/t10-,11+,12-/m0/s1. The van der Waals surface area contributed by atoms with Crippen LogP contribution in [0.2, 0.25) is 0 Å². The van der Waals surface area contributed by atoms with E-state index in [4.69, 9.17) is 0 Å². The minimum Gasteiger partial charge on any atom is -0.313 e. The SMILES string of the molecule is CC[C@H](C)CN[C@H]1CCCC[C@H]1C. The Labute approximate surface area is 83.3 Å². The Morgan fingerprint density at radius 3 is 2.62 bits per heavy atom. The maximum absolute atomic E-state index is 3.72. The van der Waals surface area contributed by atoms with Crippen LogP contribution in [0.4, 0.5) is 0 Å². The highest BCUT2D eigenvalue weighted by Gasteiger charge is 2.20. The fraction of sp³-hybridized carbons (Fsp3) is 1.00. The summed E-state index contributed by atoms with van der Waals surface area (Å²) in [5, 5.41) is 3.72. The molecule has 1 aliphatic carbocycles. The molecule has 3 atom stereocenters. The lowest BCUT2D eigenvalue weighted by Gasteiger charge is -2.30. The van der Waals surface area contributed by atoms with Gasteiger partial charge in [0.05, 0.1) is 0 Å². The molecule has 0 saturated heterocycles. The van der Waals surface area contributed by atoms with Crippen LogP contribution in [0, 0.1) is 11.8 Å². The molecule has 0 aromatic heterocycles. The van der Waals surface area contributed by atoms with Crippen molar-refractivity contribution in [2.24, 2.45) is 11.8 Å². The molecule has 0 bridgehead atoms. The lowest BCUT2D eigenvalue weighted by molar-refractivity contribution is 0.269. The average Bonchev–Trinajstić information content (AvgIpc) is 2.16. The highest BCUT2D eigenvalue weighted by molar-refractivity contribution is 4.78. The normalized spacial score (nSPS) is 31.6. The third-order valence-electron chi connectivity index (χ3n) is 3.54. The predicted molar refractivity (Wildman–Crippen MR) is 58.9 cm³/mol. The van der Waals surface area contributed by atoms with Crippen LogP contribution in [-0.4, -0.2) is 12.6 Å². The van der Waals surface area contributed by atoms with Gasteiger partial charge in [0.15, 0.2) is 0 Å². The third kappa shape index (κ3) is 3.68. The van der Waals surface area contributed by atoms with Crippen LogP contribution in [0.1, 0.15) is 52.9 Å². The minimum absolute atomic E-state index is 0.808. The second-order valence-electron chi connectivity index (χ2n) is 4.79. The number of hydrogen-bond acceptors (Lipinski definition) is 1. The highest BCUT2D eigenvalue weighted by Crippen LogP contribution is 2.23. The van der Waals surface area contributed by atoms with Gasteiger partial charge in [-0.15, -0.1) is 0 Å². The summed E-state index contributed by atoms with van der Waals surface area (Å²) in [4.78, 5) is 0. The topological polar surface area (TPSA) is 12.0 Å². The van der Waals surface area contributed by atoms with Gasteiger partial charge in [0.2, 0.25) is 0 Å². The molecule has 78 valence electrons. The maximum atomic E-state index is 3.72. The monoisotopic (exact) mass is 183 g/mol. The van der Waals surface area contributed by atoms with Crippen LogP contribution in [0.25, 0.3) is 0 Å². The second-order valence-corrected chi connectivity index (χ2v) is 4.79. The van der Waals surface area contributed by atoms with Gasteiger partial charge in [-0.3, -0.25) is 0 Å². The van der Waals surface area contributed by atoms with Gasteiger partial charge in [0.1, 0.15) is 0 Å². The van der Waals surface area contributed by atoms with Crippen molar-refractivity contribution in [1.29, 1.82) is 0 Å². The third-order valence-corrected chi connectivity index (χ3v) is 3.54. The summed E-state index contributed by atoms with van der Waals surface area (Å²) in [6, 6.07) is 0.808. The van der Waals surface area contributed by atoms with Crippen LogP contribution >= 0.6 is 0 Å². The maximum Gasteiger partial charge on any atom is 0.00928 e.